The van der Waals surface area contributed by atoms with Crippen LogP contribution in [-0.2, 0) is 44.0 Å². The smallest absolute Gasteiger partial charge is 0 e. The van der Waals surface area contributed by atoms with Gasteiger partial charge in [-0.15, -0.1) is 0 Å². The predicted molar refractivity (Wildman–Crippen MR) is 21.4 cm³/mol. The summed E-state index contributed by atoms with van der Waals surface area (Å²) in [5, 5.41) is 0. The average molecular weight is 254 g/mol. The van der Waals surface area contributed by atoms with Crippen LogP contribution < -0.4 is 0 Å². The Morgan fingerprint density at radius 3 is 1.12 bits per heavy atom. The van der Waals surface area contributed by atoms with Gasteiger partial charge in [0.05, 0.1) is 0 Å². The van der Waals surface area contributed by atoms with Gasteiger partial charge in [0.15, 0.2) is 0 Å². The average Bonchev–Trinajstić information content (AvgIpc) is 0.722. The summed E-state index contributed by atoms with van der Waals surface area (Å²) in [6, 6.07) is 0. The summed E-state index contributed by atoms with van der Waals surface area (Å²) in [6.07, 6.45) is 0. The molecule has 0 rings (SSSR count). The first-order valence-corrected chi connectivity index (χ1v) is 2.35. The maximum absolute atomic E-state index is 8.88. The first-order chi connectivity index (χ1) is 2.00. The summed E-state index contributed by atoms with van der Waals surface area (Å²) in [5.74, 6) is 0. The molecule has 0 aromatic carbocycles. The standard InChI is InChI=1S/Li.Mn.Nb.H3O4P.H/c;;;1-5(2,3)4;/h;;;(H3,1,2,3,4);. The van der Waals surface area contributed by atoms with Crippen LogP contribution in [0.5, 0.6) is 0 Å². The molecule has 2 radical (unpaired) electrons. The zero-order chi connectivity index (χ0) is 4.50. The van der Waals surface area contributed by atoms with Crippen molar-refractivity contribution in [3.05, 3.63) is 0 Å². The van der Waals surface area contributed by atoms with Crippen LogP contribution in [0.3, 0.4) is 0 Å². The fraction of sp³-hybridized carbons (Fsp3) is 0. The molecule has 0 saturated heterocycles. The Kier molecular flexibility index (Phi) is 25.2. The van der Waals surface area contributed by atoms with E-state index in [2.05, 4.69) is 0 Å². The van der Waals surface area contributed by atoms with Gasteiger partial charge in [0.2, 0.25) is 0 Å². The van der Waals surface area contributed by atoms with Crippen molar-refractivity contribution in [2.24, 2.45) is 0 Å². The molecular weight excluding hydrogens is 250 g/mol. The monoisotopic (exact) mass is 254 g/mol. The van der Waals surface area contributed by atoms with Gasteiger partial charge in [0.1, 0.15) is 0 Å². The van der Waals surface area contributed by atoms with Crippen molar-refractivity contribution in [3.63, 3.8) is 0 Å². The minimum absolute atomic E-state index is 0. The molecule has 0 spiro atoms. The molecule has 0 amide bonds. The molecule has 0 aliphatic carbocycles. The van der Waals surface area contributed by atoms with Crippen molar-refractivity contribution in [1.29, 1.82) is 0 Å². The van der Waals surface area contributed by atoms with Gasteiger partial charge < -0.3 is 14.7 Å². The maximum atomic E-state index is 8.88. The van der Waals surface area contributed by atoms with E-state index < -0.39 is 7.82 Å². The summed E-state index contributed by atoms with van der Waals surface area (Å²) < 4.78 is 8.88. The molecule has 0 unspecified atom stereocenters. The van der Waals surface area contributed by atoms with Gasteiger partial charge in [-0.2, -0.15) is 0 Å². The van der Waals surface area contributed by atoms with Gasteiger partial charge in [-0.3, -0.25) is 0 Å². The van der Waals surface area contributed by atoms with Gasteiger partial charge in [-0.1, -0.05) is 0 Å². The van der Waals surface area contributed by atoms with Crippen LogP contribution in [0, 0.1) is 0 Å². The Labute approximate surface area is 84.8 Å². The quantitative estimate of drug-likeness (QED) is 0.360. The maximum Gasteiger partial charge on any atom is 0 e. The van der Waals surface area contributed by atoms with Crippen LogP contribution in [0.15, 0.2) is 0 Å². The molecule has 0 saturated carbocycles. The van der Waals surface area contributed by atoms with Crippen molar-refractivity contribution < 1.29 is 58.7 Å². The van der Waals surface area contributed by atoms with Crippen molar-refractivity contribution in [3.8, 4) is 0 Å². The molecule has 0 atom stereocenters. The molecular formula is H4LiMnNbO4P. The zero-order valence-corrected chi connectivity index (χ0v) is 7.30. The molecule has 8 heavy (non-hydrogen) atoms. The van der Waals surface area contributed by atoms with E-state index in [1.165, 1.54) is 0 Å². The third-order valence-corrected chi connectivity index (χ3v) is 0. The fourth-order valence-corrected chi connectivity index (χ4v) is 0. The first-order valence-electron chi connectivity index (χ1n) is 0.783. The number of hydrogen-bond acceptors (Lipinski definition) is 1. The van der Waals surface area contributed by atoms with E-state index in [0.29, 0.717) is 0 Å². The molecule has 0 aliphatic rings. The summed E-state index contributed by atoms with van der Waals surface area (Å²) in [4.78, 5) is 21.6. The van der Waals surface area contributed by atoms with Crippen LogP contribution >= 0.6 is 7.82 Å². The Hall–Kier alpha value is 1.97. The largest absolute Gasteiger partial charge is 0 e. The number of rotatable bonds is 0. The molecule has 8 heteroatoms. The molecule has 46 valence electrons. The zero-order valence-electron chi connectivity index (χ0n) is 3.02. The molecule has 0 heterocycles. The predicted octanol–water partition coefficient (Wildman–Crippen LogP) is -1.58. The second kappa shape index (κ2) is 8.97. The van der Waals surface area contributed by atoms with E-state index in [1.807, 2.05) is 0 Å². The Bertz CT molecular complexity index is 62.2. The third-order valence-electron chi connectivity index (χ3n) is 0. The van der Waals surface area contributed by atoms with E-state index in [4.69, 9.17) is 19.2 Å². The third kappa shape index (κ3) is 99.9. The van der Waals surface area contributed by atoms with E-state index >= 15 is 0 Å². The first kappa shape index (κ1) is 22.5. The summed E-state index contributed by atoms with van der Waals surface area (Å²) in [5.41, 5.74) is 0. The van der Waals surface area contributed by atoms with E-state index in [-0.39, 0.29) is 58.3 Å². The minimum atomic E-state index is -4.64. The second-order valence-electron chi connectivity index (χ2n) is 0.513. The number of hydrogen-bond donors (Lipinski definition) is 3. The molecule has 0 aromatic rings. The second-order valence-corrected chi connectivity index (χ2v) is 1.54. The van der Waals surface area contributed by atoms with Crippen LogP contribution in [0.4, 0.5) is 0 Å². The molecule has 0 bridgehead atoms. The normalized spacial score (nSPS) is 7.38. The van der Waals surface area contributed by atoms with Gasteiger partial charge in [0.25, 0.3) is 0 Å². The van der Waals surface area contributed by atoms with Crippen molar-refractivity contribution >= 4 is 26.7 Å². The molecule has 0 aliphatic heterocycles. The summed E-state index contributed by atoms with van der Waals surface area (Å²) >= 11 is 0. The van der Waals surface area contributed by atoms with Crippen molar-refractivity contribution in [1.82, 2.24) is 0 Å². The summed E-state index contributed by atoms with van der Waals surface area (Å²) in [7, 11) is -4.64. The number of phosphoric acid groups is 1. The van der Waals surface area contributed by atoms with Crippen LogP contribution in [0.1, 0.15) is 0 Å². The van der Waals surface area contributed by atoms with E-state index in [1.54, 1.807) is 0 Å². The van der Waals surface area contributed by atoms with E-state index in [0.717, 1.165) is 0 Å². The van der Waals surface area contributed by atoms with Crippen molar-refractivity contribution in [2.45, 2.75) is 0 Å². The SMILES string of the molecule is O=P(O)(O)O.[LiH].[Mn].[Nb]. The Morgan fingerprint density at radius 2 is 1.12 bits per heavy atom. The molecule has 3 N–H and O–H groups in total. The Balaban J connectivity index is -0.0000000267. The van der Waals surface area contributed by atoms with E-state index in [9.17, 15) is 0 Å². The van der Waals surface area contributed by atoms with Crippen LogP contribution in [-0.4, -0.2) is 33.5 Å². The Morgan fingerprint density at radius 1 is 1.12 bits per heavy atom. The van der Waals surface area contributed by atoms with Crippen molar-refractivity contribution in [2.75, 3.05) is 0 Å². The van der Waals surface area contributed by atoms with Crippen LogP contribution in [0.2, 0.25) is 0 Å². The minimum Gasteiger partial charge on any atom is 0 e. The topological polar surface area (TPSA) is 77.8 Å². The molecule has 0 aromatic heterocycles. The van der Waals surface area contributed by atoms with Gasteiger partial charge in [0, 0.05) is 39.4 Å². The molecule has 0 fully saturated rings. The van der Waals surface area contributed by atoms with Gasteiger partial charge in [-0.25, -0.2) is 4.57 Å². The van der Waals surface area contributed by atoms with Gasteiger partial charge in [-0.05, 0) is 0 Å². The van der Waals surface area contributed by atoms with Crippen LogP contribution in [0.25, 0.3) is 0 Å². The van der Waals surface area contributed by atoms with Gasteiger partial charge >= 0.3 is 26.7 Å². The fourth-order valence-electron chi connectivity index (χ4n) is 0. The summed E-state index contributed by atoms with van der Waals surface area (Å²) in [6.45, 7) is 0. The molecule has 4 nitrogen and oxygen atoms in total.